The molecule has 0 radical (unpaired) electrons. The SMILES string of the molecule is CCOC(=O)c1ccc(NC(=O)C(=O)NCc2ccc(/C=C3/C(=O)N(c4ccc(C(=O)OCC)cc4)C(C)=C3C(=O)OC)o2)cc1. The molecule has 2 aromatic carbocycles. The van der Waals surface area contributed by atoms with Crippen LogP contribution in [-0.4, -0.2) is 56.0 Å². The number of esters is 3. The fourth-order valence-electron chi connectivity index (χ4n) is 4.50. The number of nitrogens with one attached hydrogen (secondary N) is 2. The Morgan fingerprint density at radius 1 is 0.804 bits per heavy atom. The number of nitrogens with zero attached hydrogens (tertiary/aromatic N) is 1. The minimum Gasteiger partial charge on any atom is -0.465 e. The van der Waals surface area contributed by atoms with Crippen LogP contribution in [0.2, 0.25) is 0 Å². The van der Waals surface area contributed by atoms with Crippen LogP contribution in [0.4, 0.5) is 11.4 Å². The Labute approximate surface area is 263 Å². The van der Waals surface area contributed by atoms with Crippen molar-refractivity contribution in [3.05, 3.63) is 100 Å². The van der Waals surface area contributed by atoms with Crippen LogP contribution in [-0.2, 0) is 39.9 Å². The topological polar surface area (TPSA) is 171 Å². The molecule has 2 heterocycles. The second kappa shape index (κ2) is 14.7. The van der Waals surface area contributed by atoms with Gasteiger partial charge in [0.15, 0.2) is 0 Å². The summed E-state index contributed by atoms with van der Waals surface area (Å²) >= 11 is 0. The third kappa shape index (κ3) is 7.38. The van der Waals surface area contributed by atoms with Gasteiger partial charge in [-0.25, -0.2) is 14.4 Å². The van der Waals surface area contributed by atoms with Gasteiger partial charge in [-0.05, 0) is 87.5 Å². The van der Waals surface area contributed by atoms with Crippen molar-refractivity contribution in [3.63, 3.8) is 0 Å². The van der Waals surface area contributed by atoms with Crippen molar-refractivity contribution in [1.82, 2.24) is 5.32 Å². The van der Waals surface area contributed by atoms with E-state index in [4.69, 9.17) is 18.6 Å². The number of ether oxygens (including phenoxy) is 3. The zero-order valence-corrected chi connectivity index (χ0v) is 25.5. The van der Waals surface area contributed by atoms with Crippen LogP contribution in [0.1, 0.15) is 53.0 Å². The summed E-state index contributed by atoms with van der Waals surface area (Å²) in [6.45, 7) is 5.27. The highest BCUT2D eigenvalue weighted by atomic mass is 16.5. The zero-order valence-electron chi connectivity index (χ0n) is 25.5. The second-order valence-corrected chi connectivity index (χ2v) is 9.66. The molecule has 0 fully saturated rings. The van der Waals surface area contributed by atoms with Crippen LogP contribution in [0.3, 0.4) is 0 Å². The van der Waals surface area contributed by atoms with Gasteiger partial charge in [-0.15, -0.1) is 0 Å². The van der Waals surface area contributed by atoms with Gasteiger partial charge in [0.05, 0.1) is 49.1 Å². The number of carbonyl (C=O) groups excluding carboxylic acids is 6. The number of anilines is 2. The van der Waals surface area contributed by atoms with Gasteiger partial charge in [0.25, 0.3) is 5.91 Å². The zero-order chi connectivity index (χ0) is 33.4. The molecule has 13 nitrogen and oxygen atoms in total. The van der Waals surface area contributed by atoms with Crippen molar-refractivity contribution in [3.8, 4) is 0 Å². The number of rotatable bonds is 10. The Balaban J connectivity index is 1.44. The molecular formula is C33H31N3O10. The first kappa shape index (κ1) is 32.9. The monoisotopic (exact) mass is 629 g/mol. The summed E-state index contributed by atoms with van der Waals surface area (Å²) in [5.74, 6) is -3.67. The minimum absolute atomic E-state index is 0.0112. The predicted molar refractivity (Wildman–Crippen MR) is 164 cm³/mol. The van der Waals surface area contributed by atoms with E-state index in [-0.39, 0.29) is 42.4 Å². The summed E-state index contributed by atoms with van der Waals surface area (Å²) in [6.07, 6.45) is 1.38. The van der Waals surface area contributed by atoms with E-state index < -0.39 is 35.6 Å². The van der Waals surface area contributed by atoms with E-state index in [1.54, 1.807) is 39.0 Å². The number of hydrogen-bond acceptors (Lipinski definition) is 10. The number of benzene rings is 2. The Morgan fingerprint density at radius 3 is 1.96 bits per heavy atom. The molecule has 0 spiro atoms. The summed E-state index contributed by atoms with van der Waals surface area (Å²) < 4.78 is 20.6. The predicted octanol–water partition coefficient (Wildman–Crippen LogP) is 3.77. The Kier molecular flexibility index (Phi) is 10.5. The molecular weight excluding hydrogens is 598 g/mol. The van der Waals surface area contributed by atoms with Crippen molar-refractivity contribution in [2.45, 2.75) is 27.3 Å². The highest BCUT2D eigenvalue weighted by molar-refractivity contribution is 6.39. The number of amides is 3. The van der Waals surface area contributed by atoms with E-state index >= 15 is 0 Å². The van der Waals surface area contributed by atoms with Crippen LogP contribution in [0.5, 0.6) is 0 Å². The molecule has 4 rings (SSSR count). The highest BCUT2D eigenvalue weighted by Crippen LogP contribution is 2.35. The van der Waals surface area contributed by atoms with Crippen molar-refractivity contribution >= 4 is 53.1 Å². The average Bonchev–Trinajstić information content (AvgIpc) is 3.60. The van der Waals surface area contributed by atoms with Gasteiger partial charge in [0.1, 0.15) is 11.5 Å². The number of allylic oxidation sites excluding steroid dienone is 1. The lowest BCUT2D eigenvalue weighted by Gasteiger charge is -2.18. The molecule has 238 valence electrons. The van der Waals surface area contributed by atoms with E-state index in [0.29, 0.717) is 28.2 Å². The van der Waals surface area contributed by atoms with E-state index in [0.717, 1.165) is 0 Å². The van der Waals surface area contributed by atoms with Crippen LogP contribution < -0.4 is 15.5 Å². The van der Waals surface area contributed by atoms with E-state index in [9.17, 15) is 28.8 Å². The maximum Gasteiger partial charge on any atom is 0.340 e. The number of furan rings is 1. The standard InChI is InChI=1S/C33H31N3O10/c1-5-44-31(40)20-7-11-22(12-8-20)35-29(38)28(37)34-18-25-16-15-24(46-25)17-26-27(33(42)43-4)19(3)36(30(26)39)23-13-9-21(10-14-23)32(41)45-6-2/h7-17H,5-6,18H2,1-4H3,(H,34,37)(H,35,38)/b26-17+. The number of carbonyl (C=O) groups is 6. The van der Waals surface area contributed by atoms with Gasteiger partial charge in [-0.1, -0.05) is 0 Å². The molecule has 46 heavy (non-hydrogen) atoms. The lowest BCUT2D eigenvalue weighted by Crippen LogP contribution is -2.34. The molecule has 0 unspecified atom stereocenters. The molecule has 0 atom stereocenters. The Hall–Kier alpha value is -5.98. The smallest absolute Gasteiger partial charge is 0.340 e. The lowest BCUT2D eigenvalue weighted by molar-refractivity contribution is -0.136. The van der Waals surface area contributed by atoms with Crippen molar-refractivity contribution in [1.29, 1.82) is 0 Å². The van der Waals surface area contributed by atoms with Crippen molar-refractivity contribution in [2.75, 3.05) is 30.5 Å². The summed E-state index contributed by atoms with van der Waals surface area (Å²) in [7, 11) is 1.20. The largest absolute Gasteiger partial charge is 0.465 e. The summed E-state index contributed by atoms with van der Waals surface area (Å²) in [4.78, 5) is 76.1. The first-order chi connectivity index (χ1) is 22.1. The average molecular weight is 630 g/mol. The van der Waals surface area contributed by atoms with E-state index in [1.807, 2.05) is 0 Å². The van der Waals surface area contributed by atoms with Gasteiger partial charge < -0.3 is 29.3 Å². The third-order valence-electron chi connectivity index (χ3n) is 6.68. The molecule has 0 saturated heterocycles. The molecule has 13 heteroatoms. The van der Waals surface area contributed by atoms with E-state index in [2.05, 4.69) is 10.6 Å². The maximum absolute atomic E-state index is 13.6. The quantitative estimate of drug-likeness (QED) is 0.146. The van der Waals surface area contributed by atoms with Crippen molar-refractivity contribution in [2.24, 2.45) is 0 Å². The molecule has 1 aliphatic rings. The lowest BCUT2D eigenvalue weighted by atomic mass is 10.1. The Bertz CT molecular complexity index is 1730. The first-order valence-electron chi connectivity index (χ1n) is 14.2. The van der Waals surface area contributed by atoms with Crippen LogP contribution >= 0.6 is 0 Å². The van der Waals surface area contributed by atoms with E-state index in [1.165, 1.54) is 60.6 Å². The second-order valence-electron chi connectivity index (χ2n) is 9.66. The molecule has 0 saturated carbocycles. The summed E-state index contributed by atoms with van der Waals surface area (Å²) in [6, 6.07) is 15.1. The Morgan fingerprint density at radius 2 is 1.39 bits per heavy atom. The molecule has 2 N–H and O–H groups in total. The minimum atomic E-state index is -0.937. The maximum atomic E-state index is 13.6. The molecule has 0 aliphatic carbocycles. The molecule has 0 bridgehead atoms. The third-order valence-corrected chi connectivity index (χ3v) is 6.68. The van der Waals surface area contributed by atoms with Gasteiger partial charge >= 0.3 is 29.7 Å². The van der Waals surface area contributed by atoms with Crippen LogP contribution in [0.25, 0.3) is 6.08 Å². The first-order valence-corrected chi connectivity index (χ1v) is 14.2. The van der Waals surface area contributed by atoms with Crippen LogP contribution in [0, 0.1) is 0 Å². The van der Waals surface area contributed by atoms with Gasteiger partial charge in [-0.3, -0.25) is 19.3 Å². The van der Waals surface area contributed by atoms with Gasteiger partial charge in [0.2, 0.25) is 0 Å². The molecule has 1 aromatic heterocycles. The van der Waals surface area contributed by atoms with Gasteiger partial charge in [-0.2, -0.15) is 0 Å². The van der Waals surface area contributed by atoms with Crippen LogP contribution in [0.15, 0.2) is 81.9 Å². The highest BCUT2D eigenvalue weighted by Gasteiger charge is 2.38. The van der Waals surface area contributed by atoms with Gasteiger partial charge in [0, 0.05) is 17.1 Å². The normalized spacial score (nSPS) is 13.4. The molecule has 3 aromatic rings. The molecule has 3 amide bonds. The fraction of sp³-hybridized carbons (Fsp3) is 0.212. The van der Waals surface area contributed by atoms with Crippen molar-refractivity contribution < 1.29 is 47.4 Å². The summed E-state index contributed by atoms with van der Waals surface area (Å²) in [5.41, 5.74) is 1.67. The fourth-order valence-corrected chi connectivity index (χ4v) is 4.50. The molecule has 1 aliphatic heterocycles. The summed E-state index contributed by atoms with van der Waals surface area (Å²) in [5, 5.41) is 4.88. The number of hydrogen-bond donors (Lipinski definition) is 2. The number of methoxy groups -OCH3 is 1.